The maximum Gasteiger partial charge on any atom is 0.246 e. The molecule has 34 heavy (non-hydrogen) atoms. The fourth-order valence-electron chi connectivity index (χ4n) is 7.47. The van der Waals surface area contributed by atoms with Gasteiger partial charge in [-0.3, -0.25) is 9.69 Å². The van der Waals surface area contributed by atoms with E-state index >= 15 is 0 Å². The molecule has 2 aliphatic heterocycles. The average Bonchev–Trinajstić information content (AvgIpc) is 3.46. The Hall–Kier alpha value is -2.99. The lowest BCUT2D eigenvalue weighted by Crippen LogP contribution is -2.68. The molecule has 178 valence electrons. The lowest BCUT2D eigenvalue weighted by atomic mass is 9.50. The number of carbonyl (C=O) groups is 1. The van der Waals surface area contributed by atoms with Crippen LogP contribution in [0.25, 0.3) is 6.08 Å². The number of aromatic hydroxyl groups is 1. The van der Waals surface area contributed by atoms with Crippen LogP contribution in [0.4, 0.5) is 0 Å². The van der Waals surface area contributed by atoms with Crippen LogP contribution in [0.3, 0.4) is 0 Å². The van der Waals surface area contributed by atoms with Crippen LogP contribution in [0.2, 0.25) is 0 Å². The second-order valence-corrected chi connectivity index (χ2v) is 10.4. The van der Waals surface area contributed by atoms with E-state index in [1.54, 1.807) is 24.7 Å². The molecule has 2 bridgehead atoms. The zero-order chi connectivity index (χ0) is 23.6. The first-order valence-electron chi connectivity index (χ1n) is 12.3. The van der Waals surface area contributed by atoms with Crippen LogP contribution in [0.1, 0.15) is 41.5 Å². The van der Waals surface area contributed by atoms with Crippen molar-refractivity contribution in [3.05, 3.63) is 65.6 Å². The van der Waals surface area contributed by atoms with Crippen LogP contribution in [0.15, 0.2) is 47.8 Å². The van der Waals surface area contributed by atoms with E-state index in [0.717, 1.165) is 49.9 Å². The molecule has 6 rings (SSSR count). The Labute approximate surface area is 200 Å². The van der Waals surface area contributed by atoms with Gasteiger partial charge in [0.05, 0.1) is 18.6 Å². The maximum absolute atomic E-state index is 13.2. The summed E-state index contributed by atoms with van der Waals surface area (Å²) in [6, 6.07) is 4.06. The number of carbonyl (C=O) groups excluding carboxylic acids is 1. The Balaban J connectivity index is 1.40. The van der Waals surface area contributed by atoms with Gasteiger partial charge in [-0.25, -0.2) is 0 Å². The number of phenolic OH excluding ortho intramolecular Hbond substituents is 1. The number of benzene rings is 1. The number of phenols is 1. The first kappa shape index (κ1) is 21.5. The van der Waals surface area contributed by atoms with Gasteiger partial charge in [0.1, 0.15) is 6.10 Å². The van der Waals surface area contributed by atoms with Crippen molar-refractivity contribution in [1.29, 1.82) is 0 Å². The van der Waals surface area contributed by atoms with Gasteiger partial charge in [0.2, 0.25) is 5.91 Å². The van der Waals surface area contributed by atoms with Crippen LogP contribution in [0.5, 0.6) is 11.5 Å². The Kier molecular flexibility index (Phi) is 4.92. The lowest BCUT2D eigenvalue weighted by molar-refractivity contribution is -0.135. The molecule has 6 nitrogen and oxygen atoms in total. The van der Waals surface area contributed by atoms with Crippen molar-refractivity contribution in [2.24, 2.45) is 5.92 Å². The van der Waals surface area contributed by atoms with E-state index in [1.807, 2.05) is 30.2 Å². The Bertz CT molecular complexity index is 1170. The van der Waals surface area contributed by atoms with Crippen molar-refractivity contribution < 1.29 is 19.1 Å². The zero-order valence-electron chi connectivity index (χ0n) is 19.9. The zero-order valence-corrected chi connectivity index (χ0v) is 19.9. The molecule has 0 unspecified atom stereocenters. The van der Waals surface area contributed by atoms with E-state index in [2.05, 4.69) is 18.4 Å². The van der Waals surface area contributed by atoms with Crippen LogP contribution in [-0.2, 0) is 16.6 Å². The number of nitrogens with zero attached hydrogens (tertiary/aromatic N) is 2. The molecule has 1 amide bonds. The molecular formula is C28H32N2O4. The third kappa shape index (κ3) is 2.87. The van der Waals surface area contributed by atoms with Gasteiger partial charge in [-0.2, -0.15) is 0 Å². The molecule has 3 heterocycles. The smallest absolute Gasteiger partial charge is 0.246 e. The van der Waals surface area contributed by atoms with Gasteiger partial charge in [0.25, 0.3) is 0 Å². The molecule has 1 aromatic heterocycles. The van der Waals surface area contributed by atoms with Crippen molar-refractivity contribution >= 4 is 12.0 Å². The molecule has 1 N–H and O–H groups in total. The highest BCUT2D eigenvalue weighted by Gasteiger charge is 2.66. The standard InChI is InChI=1S/C28H32N2O4/c1-4-11-30-12-10-28-20-6-7-21(29(3)24(32)8-5-18-9-13-33-16-18)27(28)34-26-23(31)14-17(2)19(25(26)28)15-22(20)30/h4-5,8-9,13-14,16,20-22,27,31H,1,6-7,10-12,15H2,2-3H3/b8-5+/t20-,21-,22+,27-,28-/m0/s1. The number of hydrogen-bond donors (Lipinski definition) is 1. The lowest BCUT2D eigenvalue weighted by Gasteiger charge is -2.60. The minimum atomic E-state index is -0.166. The van der Waals surface area contributed by atoms with Crippen molar-refractivity contribution in [3.63, 3.8) is 0 Å². The first-order chi connectivity index (χ1) is 16.5. The summed E-state index contributed by atoms with van der Waals surface area (Å²) >= 11 is 0. The summed E-state index contributed by atoms with van der Waals surface area (Å²) < 4.78 is 11.8. The maximum atomic E-state index is 13.2. The van der Waals surface area contributed by atoms with E-state index in [1.165, 1.54) is 11.1 Å². The topological polar surface area (TPSA) is 66.2 Å². The fourth-order valence-corrected chi connectivity index (χ4v) is 7.47. The number of likely N-dealkylation sites (tertiary alicyclic amines) is 1. The third-order valence-electron chi connectivity index (χ3n) is 8.92. The van der Waals surface area contributed by atoms with Gasteiger partial charge in [-0.15, -0.1) is 6.58 Å². The van der Waals surface area contributed by atoms with Gasteiger partial charge in [-0.05, 0) is 74.4 Å². The minimum Gasteiger partial charge on any atom is -0.504 e. The molecule has 5 atom stereocenters. The number of hydrogen-bond acceptors (Lipinski definition) is 5. The molecule has 6 heteroatoms. The molecule has 0 radical (unpaired) electrons. The second kappa shape index (κ2) is 7.77. The summed E-state index contributed by atoms with van der Waals surface area (Å²) in [5.41, 5.74) is 4.40. The Morgan fingerprint density at radius 2 is 2.26 bits per heavy atom. The first-order valence-corrected chi connectivity index (χ1v) is 12.3. The van der Waals surface area contributed by atoms with Crippen LogP contribution >= 0.6 is 0 Å². The van der Waals surface area contributed by atoms with E-state index in [9.17, 15) is 9.90 Å². The summed E-state index contributed by atoms with van der Waals surface area (Å²) in [5.74, 6) is 1.30. The van der Waals surface area contributed by atoms with Gasteiger partial charge in [-0.1, -0.05) is 6.08 Å². The number of furan rings is 1. The summed E-state index contributed by atoms with van der Waals surface area (Å²) in [4.78, 5) is 17.6. The second-order valence-electron chi connectivity index (χ2n) is 10.4. The van der Waals surface area contributed by atoms with E-state index in [-0.39, 0.29) is 29.2 Å². The number of rotatable bonds is 5. The molecule has 2 aliphatic carbocycles. The Morgan fingerprint density at radius 3 is 3.03 bits per heavy atom. The number of aryl methyl sites for hydroxylation is 1. The SMILES string of the molecule is C=CCN1CC[C@]23c4c5c(C)cc(O)c4O[C@H]2[C@@H](N(C)C(=O)/C=C/c2ccoc2)CC[C@H]3[C@H]1C5. The van der Waals surface area contributed by atoms with E-state index in [4.69, 9.17) is 9.15 Å². The van der Waals surface area contributed by atoms with E-state index in [0.29, 0.717) is 17.7 Å². The number of ether oxygens (including phenoxy) is 1. The number of amides is 1. The summed E-state index contributed by atoms with van der Waals surface area (Å²) in [7, 11) is 1.88. The molecule has 2 fully saturated rings. The quantitative estimate of drug-likeness (QED) is 0.539. The third-order valence-corrected chi connectivity index (χ3v) is 8.92. The molecular weight excluding hydrogens is 428 g/mol. The largest absolute Gasteiger partial charge is 0.504 e. The molecule has 1 saturated heterocycles. The van der Waals surface area contributed by atoms with Gasteiger partial charge in [0, 0.05) is 42.3 Å². The fraction of sp³-hybridized carbons (Fsp3) is 0.464. The van der Waals surface area contributed by atoms with Gasteiger partial charge >= 0.3 is 0 Å². The van der Waals surface area contributed by atoms with Crippen LogP contribution < -0.4 is 4.74 Å². The van der Waals surface area contributed by atoms with Crippen molar-refractivity contribution in [1.82, 2.24) is 9.80 Å². The van der Waals surface area contributed by atoms with Crippen molar-refractivity contribution in [3.8, 4) is 11.5 Å². The molecule has 1 aromatic carbocycles. The highest BCUT2D eigenvalue weighted by atomic mass is 16.5. The van der Waals surface area contributed by atoms with Crippen molar-refractivity contribution in [2.45, 2.75) is 56.2 Å². The van der Waals surface area contributed by atoms with Crippen molar-refractivity contribution in [2.75, 3.05) is 20.1 Å². The number of likely N-dealkylation sites (N-methyl/N-ethyl adjacent to an activating group) is 1. The van der Waals surface area contributed by atoms with Gasteiger partial charge < -0.3 is 19.2 Å². The molecule has 1 saturated carbocycles. The monoisotopic (exact) mass is 460 g/mol. The molecule has 4 aliphatic rings. The Morgan fingerprint density at radius 1 is 1.41 bits per heavy atom. The predicted molar refractivity (Wildman–Crippen MR) is 130 cm³/mol. The summed E-state index contributed by atoms with van der Waals surface area (Å²) in [6.45, 7) is 7.97. The molecule has 1 spiro atoms. The van der Waals surface area contributed by atoms with Crippen LogP contribution in [-0.4, -0.2) is 59.1 Å². The highest BCUT2D eigenvalue weighted by molar-refractivity contribution is 5.91. The van der Waals surface area contributed by atoms with E-state index < -0.39 is 0 Å². The molecule has 2 aromatic rings. The predicted octanol–water partition coefficient (Wildman–Crippen LogP) is 4.06. The summed E-state index contributed by atoms with van der Waals surface area (Å²) in [5, 5.41) is 10.9. The summed E-state index contributed by atoms with van der Waals surface area (Å²) in [6.07, 6.45) is 12.4. The number of piperidine rings is 1. The van der Waals surface area contributed by atoms with Gasteiger partial charge in [0.15, 0.2) is 11.5 Å². The highest BCUT2D eigenvalue weighted by Crippen LogP contribution is 2.64. The normalized spacial score (nSPS) is 31.2. The minimum absolute atomic E-state index is 0.0438. The average molecular weight is 461 g/mol. The van der Waals surface area contributed by atoms with Crippen LogP contribution in [0, 0.1) is 12.8 Å².